The number of amides is 2. The Balaban J connectivity index is 1.78. The summed E-state index contributed by atoms with van der Waals surface area (Å²) in [6.07, 6.45) is -1.02. The zero-order chi connectivity index (χ0) is 22.1. The Labute approximate surface area is 173 Å². The smallest absolute Gasteiger partial charge is 0.417 e. The fraction of sp³-hybridized carbons (Fsp3) is 0.318. The summed E-state index contributed by atoms with van der Waals surface area (Å²) in [5.74, 6) is -2.15. The summed E-state index contributed by atoms with van der Waals surface area (Å²) in [7, 11) is 0. The highest BCUT2D eigenvalue weighted by Crippen LogP contribution is 2.35. The molecule has 7 nitrogen and oxygen atoms in total. The molecule has 2 aromatic carbocycles. The summed E-state index contributed by atoms with van der Waals surface area (Å²) in [4.78, 5) is 37.6. The number of imide groups is 1. The number of ether oxygens (including phenoxy) is 2. The van der Waals surface area contributed by atoms with Crippen LogP contribution < -0.4 is 4.74 Å². The van der Waals surface area contributed by atoms with Crippen molar-refractivity contribution >= 4 is 18.0 Å². The molecule has 1 saturated heterocycles. The molecule has 1 aliphatic heterocycles. The molecule has 30 heavy (non-hydrogen) atoms. The highest BCUT2D eigenvalue weighted by atomic mass is 19.1. The molecule has 0 unspecified atom stereocenters. The maximum absolute atomic E-state index is 13.0. The number of carbonyl (C=O) groups excluding carboxylic acids is 2. The molecule has 0 saturated carbocycles. The first-order valence-corrected chi connectivity index (χ1v) is 9.37. The zero-order valence-electron chi connectivity index (χ0n) is 16.8. The summed E-state index contributed by atoms with van der Waals surface area (Å²) >= 11 is 0. The molecule has 0 aromatic heterocycles. The lowest BCUT2D eigenvalue weighted by atomic mass is 9.96. The Morgan fingerprint density at radius 3 is 2.07 bits per heavy atom. The molecule has 2 amide bonds. The van der Waals surface area contributed by atoms with Gasteiger partial charge in [-0.25, -0.2) is 18.9 Å². The third kappa shape index (κ3) is 4.76. The van der Waals surface area contributed by atoms with Crippen molar-refractivity contribution in [2.75, 3.05) is 0 Å². The van der Waals surface area contributed by atoms with Gasteiger partial charge in [0, 0.05) is 0 Å². The van der Waals surface area contributed by atoms with Crippen LogP contribution >= 0.6 is 0 Å². The number of benzene rings is 2. The molecule has 3 rings (SSSR count). The molecule has 0 radical (unpaired) electrons. The van der Waals surface area contributed by atoms with E-state index in [1.54, 1.807) is 45.0 Å². The van der Waals surface area contributed by atoms with Crippen molar-refractivity contribution in [3.8, 4) is 11.5 Å². The van der Waals surface area contributed by atoms with Gasteiger partial charge in [0.25, 0.3) is 0 Å². The number of aliphatic carboxylic acids is 1. The molecule has 2 atom stereocenters. The molecule has 2 aromatic rings. The molecule has 0 spiro atoms. The number of carbonyl (C=O) groups is 3. The number of hydrogen-bond acceptors (Lipinski definition) is 5. The predicted octanol–water partition coefficient (Wildman–Crippen LogP) is 4.32. The monoisotopic (exact) mass is 415 g/mol. The minimum atomic E-state index is -1.30. The van der Waals surface area contributed by atoms with Gasteiger partial charge < -0.3 is 14.6 Å². The molecule has 1 heterocycles. The van der Waals surface area contributed by atoms with Crippen LogP contribution in [0.4, 0.5) is 9.18 Å². The lowest BCUT2D eigenvalue weighted by molar-refractivity contribution is -0.145. The molecule has 0 aliphatic carbocycles. The SMILES string of the molecule is CC(C)(C)OC(=O)N1C(=O)[C@H](c2ccc(Oc3ccc(F)cc3)cc2)C[C@@H]1C(=O)O. The highest BCUT2D eigenvalue weighted by molar-refractivity contribution is 6.02. The van der Waals surface area contributed by atoms with E-state index in [-0.39, 0.29) is 12.2 Å². The molecular weight excluding hydrogens is 393 g/mol. The fourth-order valence-corrected chi connectivity index (χ4v) is 3.18. The lowest BCUT2D eigenvalue weighted by Crippen LogP contribution is -2.45. The number of halogens is 1. The van der Waals surface area contributed by atoms with Crippen LogP contribution in [-0.4, -0.2) is 39.6 Å². The van der Waals surface area contributed by atoms with E-state index >= 15 is 0 Å². The van der Waals surface area contributed by atoms with E-state index < -0.39 is 35.5 Å². The van der Waals surface area contributed by atoms with Crippen molar-refractivity contribution in [2.45, 2.75) is 44.8 Å². The highest BCUT2D eigenvalue weighted by Gasteiger charge is 2.48. The van der Waals surface area contributed by atoms with Gasteiger partial charge in [-0.05, 0) is 69.2 Å². The quantitative estimate of drug-likeness (QED) is 0.799. The lowest BCUT2D eigenvalue weighted by Gasteiger charge is -2.25. The first kappa shape index (κ1) is 21.3. The van der Waals surface area contributed by atoms with E-state index in [0.717, 1.165) is 0 Å². The van der Waals surface area contributed by atoms with E-state index in [9.17, 15) is 23.9 Å². The van der Waals surface area contributed by atoms with Crippen molar-refractivity contribution in [1.82, 2.24) is 4.90 Å². The summed E-state index contributed by atoms with van der Waals surface area (Å²) < 4.78 is 23.8. The van der Waals surface area contributed by atoms with E-state index in [2.05, 4.69) is 0 Å². The van der Waals surface area contributed by atoms with Gasteiger partial charge >= 0.3 is 12.1 Å². The second kappa shape index (κ2) is 8.14. The van der Waals surface area contributed by atoms with Crippen LogP contribution in [0.15, 0.2) is 48.5 Å². The van der Waals surface area contributed by atoms with Crippen molar-refractivity contribution < 1.29 is 33.4 Å². The number of rotatable bonds is 4. The third-order valence-corrected chi connectivity index (χ3v) is 4.51. The van der Waals surface area contributed by atoms with Gasteiger partial charge in [0.1, 0.15) is 29.0 Å². The average Bonchev–Trinajstić information content (AvgIpc) is 3.01. The second-order valence-electron chi connectivity index (χ2n) is 7.96. The molecule has 1 N–H and O–H groups in total. The first-order valence-electron chi connectivity index (χ1n) is 9.37. The predicted molar refractivity (Wildman–Crippen MR) is 105 cm³/mol. The minimum Gasteiger partial charge on any atom is -0.480 e. The molecular formula is C22H22FNO6. The van der Waals surface area contributed by atoms with Gasteiger partial charge in [-0.3, -0.25) is 4.79 Å². The molecule has 0 bridgehead atoms. The van der Waals surface area contributed by atoms with Gasteiger partial charge in [0.2, 0.25) is 5.91 Å². The molecule has 8 heteroatoms. The van der Waals surface area contributed by atoms with Crippen molar-refractivity contribution in [1.29, 1.82) is 0 Å². The van der Waals surface area contributed by atoms with E-state index in [4.69, 9.17) is 9.47 Å². The van der Waals surface area contributed by atoms with Gasteiger partial charge in [0.05, 0.1) is 5.92 Å². The van der Waals surface area contributed by atoms with Crippen LogP contribution in [0.1, 0.15) is 38.7 Å². The van der Waals surface area contributed by atoms with Gasteiger partial charge in [-0.15, -0.1) is 0 Å². The minimum absolute atomic E-state index is 0.0500. The summed E-state index contributed by atoms with van der Waals surface area (Å²) in [5.41, 5.74) is -0.304. The molecule has 1 aliphatic rings. The Morgan fingerprint density at radius 2 is 1.57 bits per heavy atom. The van der Waals surface area contributed by atoms with Gasteiger partial charge in [0.15, 0.2) is 0 Å². The Morgan fingerprint density at radius 1 is 1.03 bits per heavy atom. The van der Waals surface area contributed by atoms with Crippen LogP contribution in [0.5, 0.6) is 11.5 Å². The standard InChI is InChI=1S/C22H22FNO6/c1-22(2,3)30-21(28)24-18(20(26)27)12-17(19(24)25)13-4-8-15(9-5-13)29-16-10-6-14(23)7-11-16/h4-11,17-18H,12H2,1-3H3,(H,26,27)/t17-,18+/m0/s1. The first-order chi connectivity index (χ1) is 14.0. The largest absolute Gasteiger partial charge is 0.480 e. The topological polar surface area (TPSA) is 93.1 Å². The zero-order valence-corrected chi connectivity index (χ0v) is 16.8. The van der Waals surface area contributed by atoms with Crippen LogP contribution in [-0.2, 0) is 14.3 Å². The second-order valence-corrected chi connectivity index (χ2v) is 7.96. The maximum atomic E-state index is 13.0. The number of carboxylic acids is 1. The molecule has 1 fully saturated rings. The van der Waals surface area contributed by atoms with Gasteiger partial charge in [-0.2, -0.15) is 0 Å². The average molecular weight is 415 g/mol. The number of hydrogen-bond donors (Lipinski definition) is 1. The maximum Gasteiger partial charge on any atom is 0.417 e. The van der Waals surface area contributed by atoms with Crippen molar-refractivity contribution in [3.63, 3.8) is 0 Å². The van der Waals surface area contributed by atoms with Crippen LogP contribution in [0.25, 0.3) is 0 Å². The number of carboxylic acid groups (broad SMARTS) is 1. The van der Waals surface area contributed by atoms with E-state index in [0.29, 0.717) is 22.0 Å². The normalized spacial score (nSPS) is 18.9. The van der Waals surface area contributed by atoms with Crippen LogP contribution in [0, 0.1) is 5.82 Å². The Kier molecular flexibility index (Phi) is 5.78. The summed E-state index contributed by atoms with van der Waals surface area (Å²) in [6, 6.07) is 10.7. The van der Waals surface area contributed by atoms with E-state index in [1.807, 2.05) is 0 Å². The van der Waals surface area contributed by atoms with Crippen LogP contribution in [0.3, 0.4) is 0 Å². The third-order valence-electron chi connectivity index (χ3n) is 4.51. The van der Waals surface area contributed by atoms with Crippen molar-refractivity contribution in [3.05, 3.63) is 59.9 Å². The summed E-state index contributed by atoms with van der Waals surface area (Å²) in [5, 5.41) is 9.49. The molecule has 158 valence electrons. The van der Waals surface area contributed by atoms with Crippen molar-refractivity contribution in [2.24, 2.45) is 0 Å². The van der Waals surface area contributed by atoms with E-state index in [1.165, 1.54) is 24.3 Å². The number of likely N-dealkylation sites (tertiary alicyclic amines) is 1. The van der Waals surface area contributed by atoms with Gasteiger partial charge in [-0.1, -0.05) is 12.1 Å². The number of nitrogens with zero attached hydrogens (tertiary/aromatic N) is 1. The Bertz CT molecular complexity index is 949. The van der Waals surface area contributed by atoms with Crippen LogP contribution in [0.2, 0.25) is 0 Å². The fourth-order valence-electron chi connectivity index (χ4n) is 3.18. The summed E-state index contributed by atoms with van der Waals surface area (Å²) in [6.45, 7) is 4.91. The Hall–Kier alpha value is -3.42.